The lowest BCUT2D eigenvalue weighted by Crippen LogP contribution is -2.31. The van der Waals surface area contributed by atoms with Crippen molar-refractivity contribution in [2.75, 3.05) is 47.8 Å². The Morgan fingerprint density at radius 1 is 1.14 bits per heavy atom. The highest BCUT2D eigenvalue weighted by atomic mass is 35.5. The van der Waals surface area contributed by atoms with Crippen molar-refractivity contribution in [2.24, 2.45) is 0 Å². The van der Waals surface area contributed by atoms with E-state index in [1.54, 1.807) is 0 Å². The first-order valence-electron chi connectivity index (χ1n) is 10.4. The molecular weight excluding hydrogens is 552 g/mol. The number of aromatic hydroxyl groups is 1. The van der Waals surface area contributed by atoms with Gasteiger partial charge in [-0.05, 0) is 24.3 Å². The number of esters is 1. The largest absolute Gasteiger partial charge is 0.506 e. The lowest BCUT2D eigenvalue weighted by molar-refractivity contribution is -0.136. The van der Waals surface area contributed by atoms with Gasteiger partial charge >= 0.3 is 5.97 Å². The monoisotopic (exact) mass is 574 g/mol. The Balaban J connectivity index is 1.91. The number of sulfonamides is 2. The zero-order valence-corrected chi connectivity index (χ0v) is 21.9. The second-order valence-corrected chi connectivity index (χ2v) is 11.6. The van der Waals surface area contributed by atoms with E-state index in [4.69, 9.17) is 21.4 Å². The Labute approximate surface area is 217 Å². The number of aliphatic hydroxyl groups excluding tert-OH is 1. The van der Waals surface area contributed by atoms with Gasteiger partial charge in [-0.1, -0.05) is 17.7 Å². The molecule has 0 saturated heterocycles. The third-order valence-corrected chi connectivity index (χ3v) is 7.42. The summed E-state index contributed by atoms with van der Waals surface area (Å²) in [5.74, 6) is -2.06. The summed E-state index contributed by atoms with van der Waals surface area (Å²) in [6.45, 7) is -0.551. The number of carbonyl (C=O) groups excluding carboxylic acids is 2. The van der Waals surface area contributed by atoms with Crippen LogP contribution in [0.3, 0.4) is 0 Å². The lowest BCUT2D eigenvalue weighted by Gasteiger charge is -2.16. The highest BCUT2D eigenvalue weighted by Gasteiger charge is 2.35. The van der Waals surface area contributed by atoms with Gasteiger partial charge in [0.05, 0.1) is 54.2 Å². The molecule has 0 bridgehead atoms. The summed E-state index contributed by atoms with van der Waals surface area (Å²) in [5, 5.41) is 21.9. The average Bonchev–Trinajstić information content (AvgIpc) is 3.09. The zero-order valence-electron chi connectivity index (χ0n) is 19.5. The molecule has 13 nitrogen and oxygen atoms in total. The van der Waals surface area contributed by atoms with Crippen molar-refractivity contribution in [1.82, 2.24) is 4.90 Å². The number of ether oxygens (including phenoxy) is 1. The summed E-state index contributed by atoms with van der Waals surface area (Å²) < 4.78 is 57.9. The number of nitrogens with zero attached hydrogens (tertiary/aromatic N) is 1. The Bertz CT molecular complexity index is 1490. The number of hydrogen-bond acceptors (Lipinski definition) is 10. The number of carbonyl (C=O) groups is 2. The minimum Gasteiger partial charge on any atom is -0.506 e. The molecule has 1 amide bonds. The minimum atomic E-state index is -4.36. The van der Waals surface area contributed by atoms with Gasteiger partial charge in [-0.3, -0.25) is 14.2 Å². The highest BCUT2D eigenvalue weighted by Crippen LogP contribution is 2.36. The predicted octanol–water partition coefficient (Wildman–Crippen LogP) is 0.891. The van der Waals surface area contributed by atoms with E-state index < -0.39 is 42.6 Å². The van der Waals surface area contributed by atoms with Crippen LogP contribution in [0.4, 0.5) is 17.1 Å². The van der Waals surface area contributed by atoms with E-state index in [0.717, 1.165) is 25.5 Å². The van der Waals surface area contributed by atoms with Gasteiger partial charge in [0, 0.05) is 12.6 Å². The van der Waals surface area contributed by atoms with Crippen LogP contribution in [0.15, 0.2) is 52.6 Å². The standard InChI is InChI=1S/C21H23ClN4O9S2/c1-35-21(30)14-11-26(6-7-27)20(29)19(14)23-16-9-15(22)18(10-17(16)28)37(33,34)25-13-5-3-4-12(8-13)24-36(2,31)32/h3-5,8-10,23-25,27-28H,6-7,11H2,1-2H3. The molecule has 3 rings (SSSR count). The van der Waals surface area contributed by atoms with Gasteiger partial charge in [-0.15, -0.1) is 0 Å². The fourth-order valence-corrected chi connectivity index (χ4v) is 5.56. The topological polar surface area (TPSA) is 191 Å². The summed E-state index contributed by atoms with van der Waals surface area (Å²) in [6, 6.07) is 7.35. The van der Waals surface area contributed by atoms with Crippen LogP contribution in [0.5, 0.6) is 5.75 Å². The van der Waals surface area contributed by atoms with E-state index in [-0.39, 0.29) is 53.1 Å². The van der Waals surface area contributed by atoms with E-state index in [2.05, 4.69) is 14.8 Å². The Kier molecular flexibility index (Phi) is 8.22. The van der Waals surface area contributed by atoms with Crippen LogP contribution in [-0.4, -0.2) is 76.9 Å². The number of aliphatic hydroxyl groups is 1. The molecule has 2 aromatic carbocycles. The number of rotatable bonds is 10. The molecule has 0 unspecified atom stereocenters. The second kappa shape index (κ2) is 10.8. The molecule has 0 aromatic heterocycles. The molecule has 5 N–H and O–H groups in total. The third kappa shape index (κ3) is 6.62. The molecule has 0 spiro atoms. The molecule has 0 aliphatic carbocycles. The first-order chi connectivity index (χ1) is 17.3. The molecule has 37 heavy (non-hydrogen) atoms. The molecule has 0 atom stereocenters. The van der Waals surface area contributed by atoms with Crippen molar-refractivity contribution in [3.8, 4) is 5.75 Å². The summed E-state index contributed by atoms with van der Waals surface area (Å²) in [6.07, 6.45) is 0.940. The van der Waals surface area contributed by atoms with Gasteiger partial charge in [0.25, 0.3) is 15.9 Å². The van der Waals surface area contributed by atoms with Crippen molar-refractivity contribution in [1.29, 1.82) is 0 Å². The number of halogens is 1. The highest BCUT2D eigenvalue weighted by molar-refractivity contribution is 7.93. The quantitative estimate of drug-likeness (QED) is 0.201. The van der Waals surface area contributed by atoms with Crippen molar-refractivity contribution in [2.45, 2.75) is 4.90 Å². The molecule has 1 heterocycles. The average molecular weight is 575 g/mol. The maximum atomic E-state index is 13.0. The van der Waals surface area contributed by atoms with E-state index >= 15 is 0 Å². The SMILES string of the molecule is COC(=O)C1=C(Nc2cc(Cl)c(S(=O)(=O)Nc3cccc(NS(C)(=O)=O)c3)cc2O)C(=O)N(CCO)C1. The molecule has 1 aliphatic rings. The molecule has 200 valence electrons. The van der Waals surface area contributed by atoms with Crippen LogP contribution in [0.2, 0.25) is 5.02 Å². The van der Waals surface area contributed by atoms with Crippen LogP contribution in [0.1, 0.15) is 0 Å². The van der Waals surface area contributed by atoms with E-state index in [1.165, 1.54) is 29.2 Å². The molecule has 2 aromatic rings. The van der Waals surface area contributed by atoms with E-state index in [1.807, 2.05) is 0 Å². The second-order valence-electron chi connectivity index (χ2n) is 7.78. The minimum absolute atomic E-state index is 0.0137. The van der Waals surface area contributed by atoms with Gasteiger partial charge in [0.1, 0.15) is 16.3 Å². The van der Waals surface area contributed by atoms with Gasteiger partial charge in [-0.2, -0.15) is 0 Å². The van der Waals surface area contributed by atoms with Gasteiger partial charge in [0.15, 0.2) is 0 Å². The van der Waals surface area contributed by atoms with Gasteiger partial charge in [0.2, 0.25) is 10.0 Å². The number of hydrogen-bond donors (Lipinski definition) is 5. The van der Waals surface area contributed by atoms with Gasteiger partial charge in [-0.25, -0.2) is 21.6 Å². The Morgan fingerprint density at radius 3 is 2.38 bits per heavy atom. The van der Waals surface area contributed by atoms with Crippen LogP contribution >= 0.6 is 11.6 Å². The van der Waals surface area contributed by atoms with E-state index in [9.17, 15) is 31.5 Å². The number of methoxy groups -OCH3 is 1. The zero-order chi connectivity index (χ0) is 27.5. The molecule has 16 heteroatoms. The number of anilines is 3. The number of nitrogens with one attached hydrogen (secondary N) is 3. The summed E-state index contributed by atoms with van der Waals surface area (Å²) >= 11 is 6.20. The maximum Gasteiger partial charge on any atom is 0.337 e. The van der Waals surface area contributed by atoms with Crippen molar-refractivity contribution < 1.29 is 41.4 Å². The van der Waals surface area contributed by atoms with Crippen LogP contribution < -0.4 is 14.8 Å². The molecule has 0 fully saturated rings. The maximum absolute atomic E-state index is 13.0. The van der Waals surface area contributed by atoms with E-state index in [0.29, 0.717) is 0 Å². The fourth-order valence-electron chi connectivity index (χ4n) is 3.40. The lowest BCUT2D eigenvalue weighted by atomic mass is 10.2. The number of benzene rings is 2. The number of phenols is 1. The Hall–Kier alpha value is -3.53. The molecular formula is C21H23ClN4O9S2. The van der Waals surface area contributed by atoms with Gasteiger partial charge < -0.3 is 25.2 Å². The van der Waals surface area contributed by atoms with Crippen molar-refractivity contribution in [3.05, 3.63) is 52.7 Å². The molecule has 0 radical (unpaired) electrons. The number of β-amino-alcohol motifs (C(OH)–C–C–N with tert-alkyl or cyclic N) is 1. The predicted molar refractivity (Wildman–Crippen MR) is 135 cm³/mol. The van der Waals surface area contributed by atoms with Crippen LogP contribution in [0, 0.1) is 0 Å². The smallest absolute Gasteiger partial charge is 0.337 e. The Morgan fingerprint density at radius 2 is 1.78 bits per heavy atom. The summed E-state index contributed by atoms with van der Waals surface area (Å²) in [5.41, 5.74) is -0.325. The third-order valence-electron chi connectivity index (χ3n) is 4.97. The van der Waals surface area contributed by atoms with Crippen molar-refractivity contribution >= 4 is 60.6 Å². The van der Waals surface area contributed by atoms with Crippen LogP contribution in [-0.2, 0) is 34.4 Å². The van der Waals surface area contributed by atoms with Crippen molar-refractivity contribution in [3.63, 3.8) is 0 Å². The fraction of sp³-hybridized carbons (Fsp3) is 0.238. The first kappa shape index (κ1) is 28.0. The first-order valence-corrected chi connectivity index (χ1v) is 14.1. The van der Waals surface area contributed by atoms with Crippen LogP contribution in [0.25, 0.3) is 0 Å². The number of amides is 1. The normalized spacial score (nSPS) is 14.1. The summed E-state index contributed by atoms with van der Waals surface area (Å²) in [7, 11) is -6.84. The molecule has 0 saturated carbocycles. The molecule has 1 aliphatic heterocycles. The number of phenolic OH excluding ortho intramolecular Hbond substituents is 1. The summed E-state index contributed by atoms with van der Waals surface area (Å²) in [4.78, 5) is 25.5.